The van der Waals surface area contributed by atoms with Gasteiger partial charge in [0, 0.05) is 0 Å². The topological polar surface area (TPSA) is 0 Å². The van der Waals surface area contributed by atoms with Gasteiger partial charge in [-0.25, -0.2) is 0 Å². The quantitative estimate of drug-likeness (QED) is 0.443. The first kappa shape index (κ1) is 9.81. The van der Waals surface area contributed by atoms with Crippen LogP contribution in [0, 0.1) is 5.41 Å². The predicted molar refractivity (Wildman–Crippen MR) is 35.1 cm³/mol. The summed E-state index contributed by atoms with van der Waals surface area (Å²) in [6.07, 6.45) is 0. The van der Waals surface area contributed by atoms with Crippen LogP contribution in [0.4, 0.5) is 0 Å². The summed E-state index contributed by atoms with van der Waals surface area (Å²) < 4.78 is 0. The van der Waals surface area contributed by atoms with Gasteiger partial charge in [0.05, 0.1) is 0 Å². The van der Waals surface area contributed by atoms with E-state index in [0.29, 0.717) is 5.41 Å². The van der Waals surface area contributed by atoms with Crippen LogP contribution in [0.2, 0.25) is 0 Å². The monoisotopic (exact) mass is 144 g/mol. The van der Waals surface area contributed by atoms with Gasteiger partial charge in [0.15, 0.2) is 0 Å². The van der Waals surface area contributed by atoms with E-state index >= 15 is 0 Å². The van der Waals surface area contributed by atoms with E-state index < -0.39 is 0 Å². The average Bonchev–Trinajstić information content (AvgIpc) is 0.722. The summed E-state index contributed by atoms with van der Waals surface area (Å²) >= 11 is 0. The molecule has 0 spiro atoms. The van der Waals surface area contributed by atoms with Crippen LogP contribution in [-0.2, 0) is 0 Å². The summed E-state index contributed by atoms with van der Waals surface area (Å²) in [5.41, 5.74) is 0.500. The van der Waals surface area contributed by atoms with Gasteiger partial charge in [0.2, 0.25) is 0 Å². The van der Waals surface area contributed by atoms with Crippen LogP contribution in [-0.4, -0.2) is 19.8 Å². The molecule has 0 aromatic heterocycles. The molecule has 0 aromatic rings. The van der Waals surface area contributed by atoms with Crippen molar-refractivity contribution in [2.24, 2.45) is 5.41 Å². The minimum atomic E-state index is 0. The van der Waals surface area contributed by atoms with Crippen molar-refractivity contribution in [1.29, 1.82) is 0 Å². The molecular formula is C5H15Ga. The zero-order valence-electron chi connectivity index (χ0n) is 4.50. The third kappa shape index (κ3) is 151. The Bertz CT molecular complexity index is 19.4. The molecule has 0 rings (SSSR count). The fourth-order valence-electron chi connectivity index (χ4n) is 0. The van der Waals surface area contributed by atoms with Crippen LogP contribution < -0.4 is 0 Å². The molecule has 1 heteroatoms. The van der Waals surface area contributed by atoms with Gasteiger partial charge in [0.1, 0.15) is 0 Å². The van der Waals surface area contributed by atoms with Gasteiger partial charge in [0.25, 0.3) is 0 Å². The predicted octanol–water partition coefficient (Wildman–Crippen LogP) is 0.868. The molecule has 0 nitrogen and oxygen atoms in total. The molecule has 0 bridgehead atoms. The molecule has 0 amide bonds. The van der Waals surface area contributed by atoms with Crippen molar-refractivity contribution in [3.05, 3.63) is 0 Å². The SMILES string of the molecule is CC(C)(C)C.[GaH3]. The first-order valence-corrected chi connectivity index (χ1v) is 2.00. The summed E-state index contributed by atoms with van der Waals surface area (Å²) in [5, 5.41) is 0. The zero-order chi connectivity index (χ0) is 4.50. The van der Waals surface area contributed by atoms with Crippen LogP contribution in [0.5, 0.6) is 0 Å². The van der Waals surface area contributed by atoms with Crippen LogP contribution in [0.25, 0.3) is 0 Å². The molecule has 6 heavy (non-hydrogen) atoms. The normalized spacial score (nSPS) is 10.0. The Kier molecular flexibility index (Phi) is 4.50. The molecule has 0 saturated carbocycles. The molecule has 0 fully saturated rings. The first-order chi connectivity index (χ1) is 2.00. The van der Waals surface area contributed by atoms with Crippen LogP contribution in [0.3, 0.4) is 0 Å². The van der Waals surface area contributed by atoms with Crippen molar-refractivity contribution in [2.45, 2.75) is 27.7 Å². The minimum absolute atomic E-state index is 0. The van der Waals surface area contributed by atoms with E-state index in [0.717, 1.165) is 0 Å². The number of hydrogen-bond donors (Lipinski definition) is 0. The van der Waals surface area contributed by atoms with E-state index in [9.17, 15) is 0 Å². The van der Waals surface area contributed by atoms with Crippen LogP contribution in [0.15, 0.2) is 0 Å². The van der Waals surface area contributed by atoms with Crippen LogP contribution >= 0.6 is 0 Å². The van der Waals surface area contributed by atoms with Crippen molar-refractivity contribution in [1.82, 2.24) is 0 Å². The van der Waals surface area contributed by atoms with E-state index in [1.54, 1.807) is 0 Å². The molecule has 0 N–H and O–H groups in total. The Morgan fingerprint density at radius 2 is 0.833 bits per heavy atom. The number of hydrogen-bond acceptors (Lipinski definition) is 0. The van der Waals surface area contributed by atoms with Gasteiger partial charge < -0.3 is 0 Å². The summed E-state index contributed by atoms with van der Waals surface area (Å²) in [6, 6.07) is 0. The summed E-state index contributed by atoms with van der Waals surface area (Å²) in [4.78, 5) is 0. The van der Waals surface area contributed by atoms with Crippen molar-refractivity contribution in [2.75, 3.05) is 0 Å². The van der Waals surface area contributed by atoms with E-state index in [1.807, 2.05) is 0 Å². The molecule has 0 radical (unpaired) electrons. The number of rotatable bonds is 0. The van der Waals surface area contributed by atoms with E-state index in [4.69, 9.17) is 0 Å². The third-order valence-corrected chi connectivity index (χ3v) is 0. The molecule has 0 aliphatic heterocycles. The zero-order valence-corrected chi connectivity index (χ0v) is 4.50. The van der Waals surface area contributed by atoms with Gasteiger partial charge in [-0.3, -0.25) is 0 Å². The second-order valence-electron chi connectivity index (χ2n) is 3.00. The fraction of sp³-hybridized carbons (Fsp3) is 1.00. The van der Waals surface area contributed by atoms with E-state index in [2.05, 4.69) is 27.7 Å². The Morgan fingerprint density at radius 3 is 0.833 bits per heavy atom. The maximum absolute atomic E-state index is 2.19. The van der Waals surface area contributed by atoms with Gasteiger partial charge >= 0.3 is 19.8 Å². The van der Waals surface area contributed by atoms with E-state index in [1.165, 1.54) is 0 Å². The van der Waals surface area contributed by atoms with Crippen molar-refractivity contribution < 1.29 is 0 Å². The first-order valence-electron chi connectivity index (χ1n) is 2.00. The summed E-state index contributed by atoms with van der Waals surface area (Å²) in [5.74, 6) is 0. The van der Waals surface area contributed by atoms with Crippen molar-refractivity contribution in [3.63, 3.8) is 0 Å². The van der Waals surface area contributed by atoms with E-state index in [-0.39, 0.29) is 19.8 Å². The Balaban J connectivity index is 0. The average molecular weight is 145 g/mol. The summed E-state index contributed by atoms with van der Waals surface area (Å²) in [6.45, 7) is 8.75. The van der Waals surface area contributed by atoms with Crippen LogP contribution in [0.1, 0.15) is 27.7 Å². The molecule has 0 saturated heterocycles. The molecule has 38 valence electrons. The molecular weight excluding hydrogens is 130 g/mol. The Hall–Kier alpha value is 0.636. The molecule has 0 aliphatic rings. The Labute approximate surface area is 53.4 Å². The molecule has 0 aromatic carbocycles. The van der Waals surface area contributed by atoms with Gasteiger partial charge in [-0.15, -0.1) is 0 Å². The standard InChI is InChI=1S/C5H12.Ga.3H/c1-5(2,3)4;;;;/h1-4H3;;;;. The van der Waals surface area contributed by atoms with Crippen molar-refractivity contribution in [3.8, 4) is 0 Å². The van der Waals surface area contributed by atoms with Gasteiger partial charge in [-0.05, 0) is 5.41 Å². The molecule has 0 aliphatic carbocycles. The molecule has 0 heterocycles. The second kappa shape index (κ2) is 2.75. The van der Waals surface area contributed by atoms with Crippen molar-refractivity contribution >= 4 is 19.8 Å². The molecule has 0 atom stereocenters. The third-order valence-electron chi connectivity index (χ3n) is 0. The second-order valence-corrected chi connectivity index (χ2v) is 3.00. The Morgan fingerprint density at radius 1 is 0.833 bits per heavy atom. The maximum atomic E-state index is 2.19. The van der Waals surface area contributed by atoms with Gasteiger partial charge in [-0.1, -0.05) is 27.7 Å². The summed E-state index contributed by atoms with van der Waals surface area (Å²) in [7, 11) is 0. The fourth-order valence-corrected chi connectivity index (χ4v) is 0. The molecule has 0 unspecified atom stereocenters. The van der Waals surface area contributed by atoms with Gasteiger partial charge in [-0.2, -0.15) is 0 Å².